The Morgan fingerprint density at radius 1 is 0.783 bits per heavy atom. The zero-order valence-corrected chi connectivity index (χ0v) is 12.6. The number of aromatic hydroxyl groups is 1. The third kappa shape index (κ3) is 2.03. The molecule has 0 atom stereocenters. The third-order valence-electron chi connectivity index (χ3n) is 4.44. The summed E-state index contributed by atoms with van der Waals surface area (Å²) in [4.78, 5) is 0. The molecule has 0 saturated carbocycles. The number of rotatable bonds is 1. The molecule has 0 amide bonds. The van der Waals surface area contributed by atoms with Gasteiger partial charge in [-0.3, -0.25) is 0 Å². The summed E-state index contributed by atoms with van der Waals surface area (Å²) >= 11 is 0. The third-order valence-corrected chi connectivity index (χ3v) is 4.44. The second kappa shape index (κ2) is 5.03. The lowest BCUT2D eigenvalue weighted by molar-refractivity contribution is 0.478. The Kier molecular flexibility index (Phi) is 2.98. The van der Waals surface area contributed by atoms with Crippen molar-refractivity contribution in [2.24, 2.45) is 0 Å². The second-order valence-corrected chi connectivity index (χ2v) is 5.84. The van der Waals surface area contributed by atoms with Crippen molar-refractivity contribution in [2.75, 3.05) is 0 Å². The van der Waals surface area contributed by atoms with E-state index in [9.17, 15) is 10.2 Å². The number of phenolic OH excluding ortho intramolecular Hbond substituents is 1. The normalized spacial score (nSPS) is 14.2. The van der Waals surface area contributed by atoms with Crippen molar-refractivity contribution < 1.29 is 10.2 Å². The molecule has 2 nitrogen and oxygen atoms in total. The predicted molar refractivity (Wildman–Crippen MR) is 94.3 cm³/mol. The van der Waals surface area contributed by atoms with Crippen LogP contribution in [0.15, 0.2) is 72.8 Å². The molecule has 0 radical (unpaired) electrons. The molecular weight excluding hydrogens is 284 g/mol. The maximum absolute atomic E-state index is 10.7. The van der Waals surface area contributed by atoms with Gasteiger partial charge in [0.15, 0.2) is 0 Å². The van der Waals surface area contributed by atoms with Gasteiger partial charge in [0.05, 0.1) is 0 Å². The standard InChI is InChI=1S/C21H16O2/c1-13-12-15-7-3-5-9-17(15)21(23)19(13)18-11-10-14-6-2-4-8-16(14)20(18)22/h2-11,22-23H,1,12H2. The molecule has 3 aromatic rings. The highest BCUT2D eigenvalue weighted by atomic mass is 16.3. The first-order chi connectivity index (χ1) is 11.2. The SMILES string of the molecule is C=C1Cc2ccccc2C(O)=C1c1ccc2ccccc2c1O. The van der Waals surface area contributed by atoms with Crippen molar-refractivity contribution in [3.05, 3.63) is 89.5 Å². The van der Waals surface area contributed by atoms with Crippen LogP contribution in [0, 0.1) is 0 Å². The summed E-state index contributed by atoms with van der Waals surface area (Å²) < 4.78 is 0. The quantitative estimate of drug-likeness (QED) is 0.657. The van der Waals surface area contributed by atoms with Crippen LogP contribution in [-0.2, 0) is 6.42 Å². The molecule has 23 heavy (non-hydrogen) atoms. The van der Waals surface area contributed by atoms with Crippen LogP contribution in [0.25, 0.3) is 22.1 Å². The zero-order chi connectivity index (χ0) is 16.0. The molecule has 0 spiro atoms. The highest BCUT2D eigenvalue weighted by Gasteiger charge is 2.24. The minimum atomic E-state index is 0.183. The van der Waals surface area contributed by atoms with E-state index in [-0.39, 0.29) is 11.5 Å². The lowest BCUT2D eigenvalue weighted by Gasteiger charge is -2.23. The number of aliphatic hydroxyl groups is 1. The van der Waals surface area contributed by atoms with Gasteiger partial charge in [0.1, 0.15) is 11.5 Å². The van der Waals surface area contributed by atoms with Gasteiger partial charge in [0.25, 0.3) is 0 Å². The van der Waals surface area contributed by atoms with E-state index in [1.54, 1.807) is 0 Å². The highest BCUT2D eigenvalue weighted by molar-refractivity contribution is 6.03. The summed E-state index contributed by atoms with van der Waals surface area (Å²) in [6, 6.07) is 19.2. The Morgan fingerprint density at radius 2 is 1.52 bits per heavy atom. The van der Waals surface area contributed by atoms with Gasteiger partial charge in [0.2, 0.25) is 0 Å². The molecule has 0 aliphatic heterocycles. The van der Waals surface area contributed by atoms with Crippen LogP contribution >= 0.6 is 0 Å². The van der Waals surface area contributed by atoms with E-state index in [1.165, 1.54) is 0 Å². The van der Waals surface area contributed by atoms with Crippen molar-refractivity contribution in [3.63, 3.8) is 0 Å². The van der Waals surface area contributed by atoms with Crippen LogP contribution in [0.4, 0.5) is 0 Å². The number of fused-ring (bicyclic) bond motifs is 2. The number of allylic oxidation sites excluding steroid dienone is 2. The number of benzene rings is 3. The zero-order valence-electron chi connectivity index (χ0n) is 12.6. The van der Waals surface area contributed by atoms with E-state index in [0.29, 0.717) is 17.6 Å². The molecule has 0 saturated heterocycles. The minimum absolute atomic E-state index is 0.183. The maximum atomic E-state index is 10.7. The van der Waals surface area contributed by atoms with E-state index in [2.05, 4.69) is 6.58 Å². The molecule has 0 bridgehead atoms. The molecule has 2 N–H and O–H groups in total. The fourth-order valence-corrected chi connectivity index (χ4v) is 3.30. The Bertz CT molecular complexity index is 980. The van der Waals surface area contributed by atoms with E-state index >= 15 is 0 Å². The van der Waals surface area contributed by atoms with Gasteiger partial charge in [-0.2, -0.15) is 0 Å². The number of aliphatic hydroxyl groups excluding tert-OH is 1. The summed E-state index contributed by atoms with van der Waals surface area (Å²) in [6.07, 6.45) is 0.668. The summed E-state index contributed by atoms with van der Waals surface area (Å²) in [7, 11) is 0. The van der Waals surface area contributed by atoms with Gasteiger partial charge in [-0.15, -0.1) is 0 Å². The monoisotopic (exact) mass is 300 g/mol. The number of hydrogen-bond donors (Lipinski definition) is 2. The first-order valence-electron chi connectivity index (χ1n) is 7.57. The van der Waals surface area contributed by atoms with E-state index in [1.807, 2.05) is 60.7 Å². The Balaban J connectivity index is 2.00. The van der Waals surface area contributed by atoms with Gasteiger partial charge in [0, 0.05) is 22.1 Å². The molecule has 1 aliphatic carbocycles. The number of phenols is 1. The fraction of sp³-hybridized carbons (Fsp3) is 0.0476. The topological polar surface area (TPSA) is 40.5 Å². The average molecular weight is 300 g/mol. The van der Waals surface area contributed by atoms with E-state index in [4.69, 9.17) is 0 Å². The van der Waals surface area contributed by atoms with Crippen molar-refractivity contribution in [2.45, 2.75) is 6.42 Å². The molecule has 0 unspecified atom stereocenters. The van der Waals surface area contributed by atoms with Crippen LogP contribution < -0.4 is 0 Å². The Morgan fingerprint density at radius 3 is 2.39 bits per heavy atom. The van der Waals surface area contributed by atoms with Crippen molar-refractivity contribution in [1.82, 2.24) is 0 Å². The van der Waals surface area contributed by atoms with Gasteiger partial charge in [-0.25, -0.2) is 0 Å². The molecule has 3 aromatic carbocycles. The lowest BCUT2D eigenvalue weighted by atomic mass is 9.83. The van der Waals surface area contributed by atoms with Crippen molar-refractivity contribution in [1.29, 1.82) is 0 Å². The van der Waals surface area contributed by atoms with Crippen LogP contribution in [-0.4, -0.2) is 10.2 Å². The Labute approximate surface area is 134 Å². The smallest absolute Gasteiger partial charge is 0.131 e. The van der Waals surface area contributed by atoms with Crippen molar-refractivity contribution >= 4 is 22.1 Å². The van der Waals surface area contributed by atoms with Gasteiger partial charge < -0.3 is 10.2 Å². The molecule has 0 heterocycles. The fourth-order valence-electron chi connectivity index (χ4n) is 3.30. The first-order valence-corrected chi connectivity index (χ1v) is 7.57. The molecule has 1 aliphatic rings. The van der Waals surface area contributed by atoms with Crippen LogP contribution in [0.5, 0.6) is 5.75 Å². The highest BCUT2D eigenvalue weighted by Crippen LogP contribution is 2.43. The lowest BCUT2D eigenvalue weighted by Crippen LogP contribution is -2.07. The predicted octanol–water partition coefficient (Wildman–Crippen LogP) is 5.08. The van der Waals surface area contributed by atoms with Crippen molar-refractivity contribution in [3.8, 4) is 5.75 Å². The Hall–Kier alpha value is -3.00. The van der Waals surface area contributed by atoms with E-state index < -0.39 is 0 Å². The summed E-state index contributed by atoms with van der Waals surface area (Å²) in [5.41, 5.74) is 3.93. The van der Waals surface area contributed by atoms with Gasteiger partial charge in [-0.05, 0) is 29.0 Å². The molecule has 2 heteroatoms. The van der Waals surface area contributed by atoms with Crippen LogP contribution in [0.1, 0.15) is 16.7 Å². The molecular formula is C21H16O2. The average Bonchev–Trinajstić information content (AvgIpc) is 2.57. The second-order valence-electron chi connectivity index (χ2n) is 5.84. The summed E-state index contributed by atoms with van der Waals surface area (Å²) in [5.74, 6) is 0.368. The minimum Gasteiger partial charge on any atom is -0.507 e. The summed E-state index contributed by atoms with van der Waals surface area (Å²) in [5, 5.41) is 23.2. The largest absolute Gasteiger partial charge is 0.507 e. The van der Waals surface area contributed by atoms with Gasteiger partial charge in [-0.1, -0.05) is 61.2 Å². The molecule has 0 fully saturated rings. The van der Waals surface area contributed by atoms with Crippen LogP contribution in [0.3, 0.4) is 0 Å². The molecule has 0 aromatic heterocycles. The number of hydrogen-bond acceptors (Lipinski definition) is 2. The first kappa shape index (κ1) is 13.6. The summed E-state index contributed by atoms with van der Waals surface area (Å²) in [6.45, 7) is 4.11. The van der Waals surface area contributed by atoms with Gasteiger partial charge >= 0.3 is 0 Å². The van der Waals surface area contributed by atoms with Crippen LogP contribution in [0.2, 0.25) is 0 Å². The molecule has 4 rings (SSSR count). The van der Waals surface area contributed by atoms with E-state index in [0.717, 1.165) is 27.5 Å². The molecule has 112 valence electrons. The maximum Gasteiger partial charge on any atom is 0.131 e.